The van der Waals surface area contributed by atoms with E-state index in [0.29, 0.717) is 12.2 Å². The van der Waals surface area contributed by atoms with E-state index in [0.717, 1.165) is 17.5 Å². The van der Waals surface area contributed by atoms with Crippen molar-refractivity contribution in [1.82, 2.24) is 4.90 Å². The number of rotatable bonds is 3. The number of nitrogens with zero attached hydrogens (tertiary/aromatic N) is 1. The molecule has 0 bridgehead atoms. The standard InChI is InChI=1S/C12H17NO2/c1-9-8-10(4-6-11(9)14)5-7-12(15)13(2)3/h4,6,8,14H,5,7H2,1-3H3. The van der Waals surface area contributed by atoms with Crippen molar-refractivity contribution in [3.8, 4) is 5.75 Å². The molecule has 0 aliphatic heterocycles. The first-order valence-electron chi connectivity index (χ1n) is 4.99. The van der Waals surface area contributed by atoms with E-state index in [1.807, 2.05) is 19.1 Å². The van der Waals surface area contributed by atoms with E-state index in [2.05, 4.69) is 0 Å². The fraction of sp³-hybridized carbons (Fsp3) is 0.417. The van der Waals surface area contributed by atoms with Gasteiger partial charge in [-0.1, -0.05) is 12.1 Å². The van der Waals surface area contributed by atoms with Gasteiger partial charge in [0.2, 0.25) is 5.91 Å². The van der Waals surface area contributed by atoms with Crippen molar-refractivity contribution in [2.45, 2.75) is 19.8 Å². The lowest BCUT2D eigenvalue weighted by Crippen LogP contribution is -2.21. The Morgan fingerprint density at radius 1 is 1.40 bits per heavy atom. The summed E-state index contributed by atoms with van der Waals surface area (Å²) in [5.74, 6) is 0.429. The normalized spacial score (nSPS) is 10.1. The summed E-state index contributed by atoms with van der Waals surface area (Å²) in [5.41, 5.74) is 1.94. The molecule has 0 aliphatic carbocycles. The predicted octanol–water partition coefficient (Wildman–Crippen LogP) is 1.72. The van der Waals surface area contributed by atoms with E-state index in [1.165, 1.54) is 0 Å². The number of hydrogen-bond acceptors (Lipinski definition) is 2. The van der Waals surface area contributed by atoms with Crippen LogP contribution < -0.4 is 0 Å². The van der Waals surface area contributed by atoms with Crippen LogP contribution in [0.2, 0.25) is 0 Å². The van der Waals surface area contributed by atoms with Crippen LogP contribution in [0.3, 0.4) is 0 Å². The van der Waals surface area contributed by atoms with Crippen molar-refractivity contribution in [3.63, 3.8) is 0 Å². The molecule has 15 heavy (non-hydrogen) atoms. The van der Waals surface area contributed by atoms with Gasteiger partial charge in [0.15, 0.2) is 0 Å². The van der Waals surface area contributed by atoms with Gasteiger partial charge in [-0.05, 0) is 30.5 Å². The van der Waals surface area contributed by atoms with Gasteiger partial charge in [0.05, 0.1) is 0 Å². The Morgan fingerprint density at radius 2 is 2.07 bits per heavy atom. The third-order valence-corrected chi connectivity index (χ3v) is 2.39. The molecule has 3 heteroatoms. The number of amides is 1. The van der Waals surface area contributed by atoms with Crippen LogP contribution in [0.5, 0.6) is 5.75 Å². The van der Waals surface area contributed by atoms with Gasteiger partial charge in [-0.3, -0.25) is 4.79 Å². The Bertz CT molecular complexity index is 359. The lowest BCUT2D eigenvalue weighted by atomic mass is 10.1. The number of aromatic hydroxyl groups is 1. The second-order valence-electron chi connectivity index (χ2n) is 3.91. The highest BCUT2D eigenvalue weighted by Crippen LogP contribution is 2.17. The SMILES string of the molecule is Cc1cc(CCC(=O)N(C)C)ccc1O. The zero-order chi connectivity index (χ0) is 11.4. The van der Waals surface area contributed by atoms with E-state index >= 15 is 0 Å². The Hall–Kier alpha value is -1.51. The zero-order valence-corrected chi connectivity index (χ0v) is 9.45. The van der Waals surface area contributed by atoms with Crippen LogP contribution in [0, 0.1) is 6.92 Å². The molecule has 1 N–H and O–H groups in total. The minimum absolute atomic E-state index is 0.126. The molecule has 1 aromatic rings. The number of carbonyl (C=O) groups is 1. The van der Waals surface area contributed by atoms with E-state index in [1.54, 1.807) is 25.1 Å². The van der Waals surface area contributed by atoms with Crippen molar-refractivity contribution in [1.29, 1.82) is 0 Å². The highest BCUT2D eigenvalue weighted by atomic mass is 16.3. The van der Waals surface area contributed by atoms with Gasteiger partial charge >= 0.3 is 0 Å². The summed E-state index contributed by atoms with van der Waals surface area (Å²) in [6.45, 7) is 1.85. The Labute approximate surface area is 90.3 Å². The third kappa shape index (κ3) is 3.27. The Morgan fingerprint density at radius 3 is 2.60 bits per heavy atom. The maximum absolute atomic E-state index is 11.3. The van der Waals surface area contributed by atoms with Gasteiger partial charge in [-0.2, -0.15) is 0 Å². The fourth-order valence-electron chi connectivity index (χ4n) is 1.35. The minimum atomic E-state index is 0.126. The quantitative estimate of drug-likeness (QED) is 0.819. The van der Waals surface area contributed by atoms with Crippen molar-refractivity contribution < 1.29 is 9.90 Å². The van der Waals surface area contributed by atoms with Crippen LogP contribution in [0.15, 0.2) is 18.2 Å². The number of benzene rings is 1. The van der Waals surface area contributed by atoms with Crippen molar-refractivity contribution >= 4 is 5.91 Å². The molecule has 0 atom stereocenters. The van der Waals surface area contributed by atoms with E-state index in [4.69, 9.17) is 0 Å². The maximum atomic E-state index is 11.3. The predicted molar refractivity (Wildman–Crippen MR) is 59.9 cm³/mol. The van der Waals surface area contributed by atoms with E-state index in [9.17, 15) is 9.90 Å². The Balaban J connectivity index is 2.58. The maximum Gasteiger partial charge on any atom is 0.222 e. The first-order valence-corrected chi connectivity index (χ1v) is 4.99. The van der Waals surface area contributed by atoms with Crippen molar-refractivity contribution in [2.24, 2.45) is 0 Å². The lowest BCUT2D eigenvalue weighted by Gasteiger charge is -2.10. The molecule has 3 nitrogen and oxygen atoms in total. The first-order chi connectivity index (χ1) is 7.00. The average Bonchev–Trinajstić information content (AvgIpc) is 2.19. The summed E-state index contributed by atoms with van der Waals surface area (Å²) in [4.78, 5) is 12.9. The molecule has 0 saturated heterocycles. The van der Waals surface area contributed by atoms with E-state index in [-0.39, 0.29) is 5.91 Å². The second kappa shape index (κ2) is 4.82. The molecule has 0 aromatic heterocycles. The summed E-state index contributed by atoms with van der Waals surface area (Å²) >= 11 is 0. The smallest absolute Gasteiger partial charge is 0.222 e. The molecule has 0 aliphatic rings. The number of hydrogen-bond donors (Lipinski definition) is 1. The summed E-state index contributed by atoms with van der Waals surface area (Å²) in [5, 5.41) is 9.33. The van der Waals surface area contributed by atoms with Gasteiger partial charge in [0, 0.05) is 20.5 Å². The third-order valence-electron chi connectivity index (χ3n) is 2.39. The lowest BCUT2D eigenvalue weighted by molar-refractivity contribution is -0.128. The van der Waals surface area contributed by atoms with Gasteiger partial charge in [0.25, 0.3) is 0 Å². The summed E-state index contributed by atoms with van der Waals surface area (Å²) in [6.07, 6.45) is 1.23. The molecule has 0 saturated carbocycles. The molecule has 1 aromatic carbocycles. The summed E-state index contributed by atoms with van der Waals surface area (Å²) in [7, 11) is 3.51. The molecule has 0 spiro atoms. The average molecular weight is 207 g/mol. The van der Waals surface area contributed by atoms with Gasteiger partial charge < -0.3 is 10.0 Å². The van der Waals surface area contributed by atoms with Crippen LogP contribution >= 0.6 is 0 Å². The highest BCUT2D eigenvalue weighted by Gasteiger charge is 2.05. The highest BCUT2D eigenvalue weighted by molar-refractivity contribution is 5.75. The monoisotopic (exact) mass is 207 g/mol. The minimum Gasteiger partial charge on any atom is -0.508 e. The largest absolute Gasteiger partial charge is 0.508 e. The molecular weight excluding hydrogens is 190 g/mol. The Kier molecular flexibility index (Phi) is 3.72. The van der Waals surface area contributed by atoms with Crippen LogP contribution in [0.25, 0.3) is 0 Å². The number of phenols is 1. The molecule has 1 amide bonds. The second-order valence-corrected chi connectivity index (χ2v) is 3.91. The molecule has 0 radical (unpaired) electrons. The molecule has 1 rings (SSSR count). The van der Waals surface area contributed by atoms with Gasteiger partial charge in [-0.25, -0.2) is 0 Å². The number of carbonyl (C=O) groups excluding carboxylic acids is 1. The summed E-state index contributed by atoms with van der Waals surface area (Å²) < 4.78 is 0. The van der Waals surface area contributed by atoms with Crippen molar-refractivity contribution in [3.05, 3.63) is 29.3 Å². The molecule has 0 unspecified atom stereocenters. The van der Waals surface area contributed by atoms with E-state index < -0.39 is 0 Å². The summed E-state index contributed by atoms with van der Waals surface area (Å²) in [6, 6.07) is 5.44. The number of phenolic OH excluding ortho intramolecular Hbond substituents is 1. The van der Waals surface area contributed by atoms with Crippen LogP contribution in [-0.4, -0.2) is 30.0 Å². The van der Waals surface area contributed by atoms with Gasteiger partial charge in [-0.15, -0.1) is 0 Å². The molecular formula is C12H17NO2. The van der Waals surface area contributed by atoms with Crippen LogP contribution in [0.4, 0.5) is 0 Å². The molecule has 0 fully saturated rings. The van der Waals surface area contributed by atoms with Gasteiger partial charge in [0.1, 0.15) is 5.75 Å². The number of aryl methyl sites for hydroxylation is 2. The molecule has 0 heterocycles. The first kappa shape index (κ1) is 11.6. The topological polar surface area (TPSA) is 40.5 Å². The molecule has 82 valence electrons. The van der Waals surface area contributed by atoms with Crippen molar-refractivity contribution in [2.75, 3.05) is 14.1 Å². The zero-order valence-electron chi connectivity index (χ0n) is 9.45. The van der Waals surface area contributed by atoms with Crippen LogP contribution in [-0.2, 0) is 11.2 Å². The van der Waals surface area contributed by atoms with Crippen LogP contribution in [0.1, 0.15) is 17.5 Å². The fourth-order valence-corrected chi connectivity index (χ4v) is 1.35.